The highest BCUT2D eigenvalue weighted by Gasteiger charge is 2.08. The molecule has 1 unspecified atom stereocenters. The molecule has 2 nitrogen and oxygen atoms in total. The monoisotopic (exact) mass is 343 g/mol. The number of hydrogen-bond acceptors (Lipinski definition) is 2. The maximum atomic E-state index is 12.8. The predicted molar refractivity (Wildman–Crippen MR) is 79.0 cm³/mol. The van der Waals surface area contributed by atoms with Gasteiger partial charge in [0.2, 0.25) is 0 Å². The van der Waals surface area contributed by atoms with Gasteiger partial charge in [-0.2, -0.15) is 0 Å². The Morgan fingerprint density at radius 1 is 1.21 bits per heavy atom. The average molecular weight is 345 g/mol. The van der Waals surface area contributed by atoms with Crippen LogP contribution in [0.2, 0.25) is 5.02 Å². The van der Waals surface area contributed by atoms with Crippen LogP contribution in [0.25, 0.3) is 0 Å². The lowest BCUT2D eigenvalue weighted by atomic mass is 10.1. The van der Waals surface area contributed by atoms with Gasteiger partial charge in [-0.1, -0.05) is 23.7 Å². The number of benzene rings is 2. The molecular formula is C14H12BrClFNO. The highest BCUT2D eigenvalue weighted by atomic mass is 79.9. The molecule has 1 atom stereocenters. The van der Waals surface area contributed by atoms with E-state index in [0.29, 0.717) is 17.1 Å². The first-order chi connectivity index (χ1) is 9.06. The Kier molecular flexibility index (Phi) is 4.80. The Bertz CT molecular complexity index is 562. The number of hydrogen-bond donors (Lipinski definition) is 2. The highest BCUT2D eigenvalue weighted by molar-refractivity contribution is 9.10. The maximum absolute atomic E-state index is 12.8. The number of anilines is 1. The summed E-state index contributed by atoms with van der Waals surface area (Å²) in [6, 6.07) is 11.2. The number of halogens is 3. The van der Waals surface area contributed by atoms with Crippen LogP contribution in [-0.2, 0) is 0 Å². The minimum atomic E-state index is -0.705. The van der Waals surface area contributed by atoms with Crippen LogP contribution in [0.3, 0.4) is 0 Å². The molecule has 0 saturated carbocycles. The fraction of sp³-hybridized carbons (Fsp3) is 0.143. The van der Waals surface area contributed by atoms with Crippen molar-refractivity contribution < 1.29 is 9.50 Å². The predicted octanol–water partition coefficient (Wildman–Crippen LogP) is 4.39. The van der Waals surface area contributed by atoms with E-state index in [1.54, 1.807) is 24.3 Å². The van der Waals surface area contributed by atoms with Crippen LogP contribution in [0.15, 0.2) is 46.9 Å². The summed E-state index contributed by atoms with van der Waals surface area (Å²) in [6.45, 7) is 0.325. The Morgan fingerprint density at radius 3 is 2.53 bits per heavy atom. The lowest BCUT2D eigenvalue weighted by Crippen LogP contribution is -2.12. The third-order valence-electron chi connectivity index (χ3n) is 2.67. The van der Waals surface area contributed by atoms with Crippen LogP contribution in [-0.4, -0.2) is 11.7 Å². The summed E-state index contributed by atoms with van der Waals surface area (Å²) in [7, 11) is 0. The van der Waals surface area contributed by atoms with Crippen molar-refractivity contribution in [2.75, 3.05) is 11.9 Å². The summed E-state index contributed by atoms with van der Waals surface area (Å²) >= 11 is 9.23. The van der Waals surface area contributed by atoms with Gasteiger partial charge in [0.15, 0.2) is 0 Å². The number of nitrogens with one attached hydrogen (secondary N) is 1. The Balaban J connectivity index is 2.00. The van der Waals surface area contributed by atoms with Crippen LogP contribution in [0.5, 0.6) is 0 Å². The molecule has 100 valence electrons. The van der Waals surface area contributed by atoms with Crippen LogP contribution in [0, 0.1) is 5.82 Å². The third kappa shape index (κ3) is 3.93. The Morgan fingerprint density at radius 2 is 1.89 bits per heavy atom. The molecule has 19 heavy (non-hydrogen) atoms. The summed E-state index contributed by atoms with van der Waals surface area (Å²) in [5.41, 5.74) is 1.50. The van der Waals surface area contributed by atoms with Crippen molar-refractivity contribution in [3.05, 3.63) is 63.3 Å². The third-order valence-corrected chi connectivity index (χ3v) is 3.56. The van der Waals surface area contributed by atoms with Crippen LogP contribution in [0.4, 0.5) is 10.1 Å². The molecule has 0 amide bonds. The Labute approximate surface area is 124 Å². The first-order valence-electron chi connectivity index (χ1n) is 5.69. The zero-order valence-electron chi connectivity index (χ0n) is 9.91. The van der Waals surface area contributed by atoms with E-state index in [1.165, 1.54) is 12.1 Å². The van der Waals surface area contributed by atoms with E-state index in [9.17, 15) is 9.50 Å². The number of aliphatic hydroxyl groups excluding tert-OH is 1. The van der Waals surface area contributed by atoms with E-state index >= 15 is 0 Å². The van der Waals surface area contributed by atoms with E-state index in [4.69, 9.17) is 11.6 Å². The quantitative estimate of drug-likeness (QED) is 0.862. The minimum absolute atomic E-state index is 0.315. The molecule has 0 aliphatic carbocycles. The van der Waals surface area contributed by atoms with Crippen molar-refractivity contribution in [3.63, 3.8) is 0 Å². The van der Waals surface area contributed by atoms with Crippen molar-refractivity contribution >= 4 is 33.2 Å². The maximum Gasteiger partial charge on any atom is 0.123 e. The first kappa shape index (κ1) is 14.3. The van der Waals surface area contributed by atoms with Crippen LogP contribution < -0.4 is 5.32 Å². The van der Waals surface area contributed by atoms with Gasteiger partial charge >= 0.3 is 0 Å². The molecule has 2 aromatic rings. The SMILES string of the molecule is OC(CNc1ccc(Cl)cc1Br)c1ccc(F)cc1. The molecule has 0 bridgehead atoms. The molecule has 2 rings (SSSR count). The molecule has 2 aromatic carbocycles. The molecule has 0 saturated heterocycles. The topological polar surface area (TPSA) is 32.3 Å². The van der Waals surface area contributed by atoms with E-state index in [0.717, 1.165) is 10.2 Å². The fourth-order valence-electron chi connectivity index (χ4n) is 1.64. The molecule has 0 aliphatic rings. The van der Waals surface area contributed by atoms with Gasteiger partial charge < -0.3 is 10.4 Å². The molecule has 0 aliphatic heterocycles. The molecule has 0 radical (unpaired) electrons. The van der Waals surface area contributed by atoms with Gasteiger partial charge in [-0.3, -0.25) is 0 Å². The van der Waals surface area contributed by atoms with Crippen molar-refractivity contribution in [1.29, 1.82) is 0 Å². The molecule has 0 heterocycles. The zero-order valence-corrected chi connectivity index (χ0v) is 12.2. The summed E-state index contributed by atoms with van der Waals surface area (Å²) < 4.78 is 13.6. The Hall–Kier alpha value is -1.10. The normalized spacial score (nSPS) is 12.2. The van der Waals surface area contributed by atoms with Crippen LogP contribution >= 0.6 is 27.5 Å². The zero-order chi connectivity index (χ0) is 13.8. The number of rotatable bonds is 4. The summed E-state index contributed by atoms with van der Waals surface area (Å²) in [5.74, 6) is -0.315. The van der Waals surface area contributed by atoms with E-state index in [-0.39, 0.29) is 5.82 Å². The first-order valence-corrected chi connectivity index (χ1v) is 6.86. The van der Waals surface area contributed by atoms with Crippen molar-refractivity contribution in [3.8, 4) is 0 Å². The van der Waals surface area contributed by atoms with Crippen LogP contribution in [0.1, 0.15) is 11.7 Å². The van der Waals surface area contributed by atoms with Gasteiger partial charge in [0.05, 0.1) is 6.10 Å². The second-order valence-electron chi connectivity index (χ2n) is 4.07. The lowest BCUT2D eigenvalue weighted by Gasteiger charge is -2.14. The molecule has 0 spiro atoms. The molecule has 5 heteroatoms. The molecule has 0 fully saturated rings. The highest BCUT2D eigenvalue weighted by Crippen LogP contribution is 2.26. The van der Waals surface area contributed by atoms with Gasteiger partial charge in [0.25, 0.3) is 0 Å². The second kappa shape index (κ2) is 6.37. The van der Waals surface area contributed by atoms with Gasteiger partial charge in [0.1, 0.15) is 5.82 Å². The summed E-state index contributed by atoms with van der Waals surface area (Å²) in [6.07, 6.45) is -0.705. The van der Waals surface area contributed by atoms with Gasteiger partial charge in [-0.25, -0.2) is 4.39 Å². The lowest BCUT2D eigenvalue weighted by molar-refractivity contribution is 0.191. The van der Waals surface area contributed by atoms with Gasteiger partial charge in [-0.05, 0) is 51.8 Å². The molecular weight excluding hydrogens is 333 g/mol. The van der Waals surface area contributed by atoms with Crippen molar-refractivity contribution in [2.24, 2.45) is 0 Å². The van der Waals surface area contributed by atoms with Gasteiger partial charge in [-0.15, -0.1) is 0 Å². The largest absolute Gasteiger partial charge is 0.387 e. The van der Waals surface area contributed by atoms with E-state index in [2.05, 4.69) is 21.2 Å². The summed E-state index contributed by atoms with van der Waals surface area (Å²) in [5, 5.41) is 13.7. The smallest absolute Gasteiger partial charge is 0.123 e. The summed E-state index contributed by atoms with van der Waals surface area (Å²) in [4.78, 5) is 0. The van der Waals surface area contributed by atoms with E-state index in [1.807, 2.05) is 6.07 Å². The van der Waals surface area contributed by atoms with Crippen molar-refractivity contribution in [1.82, 2.24) is 0 Å². The number of aliphatic hydroxyl groups is 1. The van der Waals surface area contributed by atoms with Crippen molar-refractivity contribution in [2.45, 2.75) is 6.10 Å². The second-order valence-corrected chi connectivity index (χ2v) is 5.36. The average Bonchev–Trinajstić information content (AvgIpc) is 2.38. The van der Waals surface area contributed by atoms with Gasteiger partial charge in [0, 0.05) is 21.7 Å². The fourth-order valence-corrected chi connectivity index (χ4v) is 2.47. The molecule has 2 N–H and O–H groups in total. The molecule has 0 aromatic heterocycles. The minimum Gasteiger partial charge on any atom is -0.387 e. The van der Waals surface area contributed by atoms with E-state index < -0.39 is 6.10 Å². The standard InChI is InChI=1S/C14H12BrClFNO/c15-12-7-10(16)3-6-13(12)18-8-14(19)9-1-4-11(17)5-2-9/h1-7,14,18-19H,8H2.